The molecule has 1 aromatic heterocycles. The van der Waals surface area contributed by atoms with E-state index >= 15 is 0 Å². The number of aromatic nitrogens is 2. The van der Waals surface area contributed by atoms with Gasteiger partial charge in [0.1, 0.15) is 10.7 Å². The van der Waals surface area contributed by atoms with E-state index in [1.54, 1.807) is 13.0 Å². The molecule has 0 saturated heterocycles. The van der Waals surface area contributed by atoms with Crippen molar-refractivity contribution < 1.29 is 9.18 Å². The fourth-order valence-corrected chi connectivity index (χ4v) is 2.09. The molecule has 0 aliphatic heterocycles. The Bertz CT molecular complexity index is 572. The molecular formula is C10H7BrFN3OS. The minimum absolute atomic E-state index is 0.131. The summed E-state index contributed by atoms with van der Waals surface area (Å²) < 4.78 is 17.7. The number of rotatable bonds is 2. The van der Waals surface area contributed by atoms with Crippen molar-refractivity contribution in [2.24, 2.45) is 0 Å². The van der Waals surface area contributed by atoms with Gasteiger partial charge in [-0.2, -0.15) is 0 Å². The summed E-state index contributed by atoms with van der Waals surface area (Å²) in [6.07, 6.45) is 0. The van der Waals surface area contributed by atoms with Crippen molar-refractivity contribution in [3.63, 3.8) is 0 Å². The van der Waals surface area contributed by atoms with E-state index in [1.807, 2.05) is 0 Å². The Morgan fingerprint density at radius 1 is 1.53 bits per heavy atom. The summed E-state index contributed by atoms with van der Waals surface area (Å²) in [6.45, 7) is 1.68. The van der Waals surface area contributed by atoms with Crippen molar-refractivity contribution in [3.05, 3.63) is 39.1 Å². The van der Waals surface area contributed by atoms with Crippen LogP contribution in [0.1, 0.15) is 15.4 Å². The number of halogens is 2. The number of anilines is 1. The number of carbonyl (C=O) groups is 1. The molecule has 2 rings (SSSR count). The number of hydrogen-bond acceptors (Lipinski definition) is 4. The van der Waals surface area contributed by atoms with Crippen molar-refractivity contribution in [1.29, 1.82) is 0 Å². The topological polar surface area (TPSA) is 54.9 Å². The first-order valence-corrected chi connectivity index (χ1v) is 6.20. The van der Waals surface area contributed by atoms with Crippen LogP contribution in [0.3, 0.4) is 0 Å². The Morgan fingerprint density at radius 3 is 2.88 bits per heavy atom. The zero-order valence-electron chi connectivity index (χ0n) is 8.70. The number of amides is 1. The average Bonchev–Trinajstić information content (AvgIpc) is 2.68. The summed E-state index contributed by atoms with van der Waals surface area (Å²) in [5, 5.41) is 6.20. The molecule has 0 unspecified atom stereocenters. The second-order valence-electron chi connectivity index (χ2n) is 3.27. The summed E-state index contributed by atoms with van der Waals surface area (Å²) in [5.41, 5.74) is 0.663. The van der Waals surface area contributed by atoms with E-state index in [9.17, 15) is 9.18 Å². The number of carbonyl (C=O) groups excluding carboxylic acids is 1. The minimum Gasteiger partial charge on any atom is -0.319 e. The van der Waals surface area contributed by atoms with Gasteiger partial charge in [-0.15, -0.1) is 5.10 Å². The van der Waals surface area contributed by atoms with Crippen molar-refractivity contribution in [2.75, 3.05) is 5.32 Å². The van der Waals surface area contributed by atoms with Crippen LogP contribution in [0, 0.1) is 12.7 Å². The summed E-state index contributed by atoms with van der Waals surface area (Å²) in [4.78, 5) is 12.2. The molecule has 1 aromatic carbocycles. The first-order valence-electron chi connectivity index (χ1n) is 4.63. The third-order valence-corrected chi connectivity index (χ3v) is 3.36. The molecule has 0 aliphatic rings. The zero-order chi connectivity index (χ0) is 12.4. The van der Waals surface area contributed by atoms with Crippen LogP contribution in [-0.4, -0.2) is 15.5 Å². The highest BCUT2D eigenvalue weighted by molar-refractivity contribution is 9.10. The highest BCUT2D eigenvalue weighted by atomic mass is 79.9. The van der Waals surface area contributed by atoms with Gasteiger partial charge in [-0.3, -0.25) is 4.79 Å². The van der Waals surface area contributed by atoms with Gasteiger partial charge in [0.15, 0.2) is 0 Å². The fraction of sp³-hybridized carbons (Fsp3) is 0.100. The minimum atomic E-state index is -0.497. The van der Waals surface area contributed by atoms with Crippen LogP contribution >= 0.6 is 27.5 Å². The van der Waals surface area contributed by atoms with Gasteiger partial charge in [-0.25, -0.2) is 4.39 Å². The van der Waals surface area contributed by atoms with Gasteiger partial charge in [0.05, 0.1) is 11.4 Å². The van der Waals surface area contributed by atoms with Crippen LogP contribution in [0.25, 0.3) is 0 Å². The maximum absolute atomic E-state index is 13.5. The third-order valence-electron chi connectivity index (χ3n) is 2.04. The first-order chi connectivity index (χ1) is 8.08. The SMILES string of the molecule is Cc1nnsc1C(=O)Nc1ccc(Br)cc1F. The number of benzene rings is 1. The summed E-state index contributed by atoms with van der Waals surface area (Å²) >= 11 is 4.12. The van der Waals surface area contributed by atoms with Crippen LogP contribution < -0.4 is 5.32 Å². The van der Waals surface area contributed by atoms with Crippen LogP contribution in [-0.2, 0) is 0 Å². The molecule has 1 N–H and O–H groups in total. The van der Waals surface area contributed by atoms with Crippen LogP contribution in [0.5, 0.6) is 0 Å². The molecule has 0 radical (unpaired) electrons. The van der Waals surface area contributed by atoms with Gasteiger partial charge in [0.25, 0.3) is 5.91 Å². The van der Waals surface area contributed by atoms with Gasteiger partial charge in [-0.1, -0.05) is 20.4 Å². The number of aryl methyl sites for hydroxylation is 1. The lowest BCUT2D eigenvalue weighted by atomic mass is 10.3. The molecule has 1 amide bonds. The maximum atomic E-state index is 13.5. The molecule has 0 aliphatic carbocycles. The predicted molar refractivity (Wildman–Crippen MR) is 66.7 cm³/mol. The summed E-state index contributed by atoms with van der Waals surface area (Å²) in [5.74, 6) is -0.901. The average molecular weight is 316 g/mol. The Labute approximate surface area is 109 Å². The summed E-state index contributed by atoms with van der Waals surface area (Å²) in [7, 11) is 0. The molecule has 2 aromatic rings. The quantitative estimate of drug-likeness (QED) is 0.926. The molecule has 0 saturated carbocycles. The lowest BCUT2D eigenvalue weighted by molar-refractivity contribution is 0.102. The lowest BCUT2D eigenvalue weighted by Gasteiger charge is -2.05. The second-order valence-corrected chi connectivity index (χ2v) is 4.94. The lowest BCUT2D eigenvalue weighted by Crippen LogP contribution is -2.12. The Morgan fingerprint density at radius 2 is 2.29 bits per heavy atom. The van der Waals surface area contributed by atoms with E-state index in [0.29, 0.717) is 15.0 Å². The molecule has 7 heteroatoms. The van der Waals surface area contributed by atoms with Crippen LogP contribution in [0.2, 0.25) is 0 Å². The number of nitrogens with one attached hydrogen (secondary N) is 1. The molecular weight excluding hydrogens is 309 g/mol. The maximum Gasteiger partial charge on any atom is 0.269 e. The molecule has 0 fully saturated rings. The third kappa shape index (κ3) is 2.67. The molecule has 17 heavy (non-hydrogen) atoms. The van der Waals surface area contributed by atoms with Crippen molar-refractivity contribution in [3.8, 4) is 0 Å². The molecule has 4 nitrogen and oxygen atoms in total. The molecule has 0 bridgehead atoms. The fourth-order valence-electron chi connectivity index (χ4n) is 1.21. The van der Waals surface area contributed by atoms with Crippen LogP contribution in [0.4, 0.5) is 10.1 Å². The van der Waals surface area contributed by atoms with E-state index in [2.05, 4.69) is 30.8 Å². The van der Waals surface area contributed by atoms with E-state index in [-0.39, 0.29) is 5.69 Å². The van der Waals surface area contributed by atoms with E-state index < -0.39 is 11.7 Å². The second kappa shape index (κ2) is 4.89. The van der Waals surface area contributed by atoms with Crippen molar-refractivity contribution in [2.45, 2.75) is 6.92 Å². The predicted octanol–water partition coefficient (Wildman–Crippen LogP) is 3.00. The first kappa shape index (κ1) is 12.1. The van der Waals surface area contributed by atoms with Crippen molar-refractivity contribution >= 4 is 39.1 Å². The molecule has 1 heterocycles. The van der Waals surface area contributed by atoms with Crippen molar-refractivity contribution in [1.82, 2.24) is 9.59 Å². The Balaban J connectivity index is 2.22. The van der Waals surface area contributed by atoms with Crippen LogP contribution in [0.15, 0.2) is 22.7 Å². The Hall–Kier alpha value is -1.34. The highest BCUT2D eigenvalue weighted by Gasteiger charge is 2.14. The number of hydrogen-bond donors (Lipinski definition) is 1. The monoisotopic (exact) mass is 315 g/mol. The van der Waals surface area contributed by atoms with Gasteiger partial charge < -0.3 is 5.32 Å². The molecule has 0 atom stereocenters. The van der Waals surface area contributed by atoms with Gasteiger partial charge in [-0.05, 0) is 36.7 Å². The smallest absolute Gasteiger partial charge is 0.269 e. The zero-order valence-corrected chi connectivity index (χ0v) is 11.1. The van der Waals surface area contributed by atoms with Gasteiger partial charge in [0, 0.05) is 4.47 Å². The van der Waals surface area contributed by atoms with E-state index in [0.717, 1.165) is 11.5 Å². The summed E-state index contributed by atoms with van der Waals surface area (Å²) in [6, 6.07) is 4.42. The normalized spacial score (nSPS) is 10.3. The Kier molecular flexibility index (Phi) is 3.49. The van der Waals surface area contributed by atoms with Gasteiger partial charge in [0.2, 0.25) is 0 Å². The highest BCUT2D eigenvalue weighted by Crippen LogP contribution is 2.20. The largest absolute Gasteiger partial charge is 0.319 e. The molecule has 0 spiro atoms. The molecule has 88 valence electrons. The standard InChI is InChI=1S/C10H7BrFN3OS/c1-5-9(17-15-14-5)10(16)13-8-3-2-6(11)4-7(8)12/h2-4H,1H3,(H,13,16). The van der Waals surface area contributed by atoms with E-state index in [1.165, 1.54) is 12.1 Å². The van der Waals surface area contributed by atoms with Gasteiger partial charge >= 0.3 is 0 Å². The number of nitrogens with zero attached hydrogens (tertiary/aromatic N) is 2. The van der Waals surface area contributed by atoms with E-state index in [4.69, 9.17) is 0 Å².